The minimum Gasteiger partial charge on any atom is -0.480 e. The molecule has 1 rings (SSSR count). The Morgan fingerprint density at radius 1 is 1.43 bits per heavy atom. The van der Waals surface area contributed by atoms with E-state index in [4.69, 9.17) is 0 Å². The minimum absolute atomic E-state index is 0.0815. The minimum atomic E-state index is -0.938. The Kier molecular flexibility index (Phi) is 6.11. The molecule has 0 aliphatic carbocycles. The Balaban J connectivity index is 3.04. The second kappa shape index (κ2) is 7.38. The molecule has 0 radical (unpaired) electrons. The summed E-state index contributed by atoms with van der Waals surface area (Å²) in [6.07, 6.45) is 3.23. The SMILES string of the molecule is C=C(C)[C@H](O)[C@H](NC(C)=O)[C@@H]1N[C@@H](C(=O)O)C[C@H]1/C=C\C. The highest BCUT2D eigenvalue weighted by Crippen LogP contribution is 2.27. The van der Waals surface area contributed by atoms with Gasteiger partial charge in [0.2, 0.25) is 5.91 Å². The molecular formula is C15H24N2O4. The molecule has 1 aliphatic rings. The summed E-state index contributed by atoms with van der Waals surface area (Å²) in [5, 5.41) is 25.2. The molecule has 1 fully saturated rings. The van der Waals surface area contributed by atoms with Gasteiger partial charge in [0.15, 0.2) is 0 Å². The Morgan fingerprint density at radius 2 is 2.05 bits per heavy atom. The number of carboxylic acid groups (broad SMARTS) is 1. The van der Waals surface area contributed by atoms with E-state index in [2.05, 4.69) is 17.2 Å². The Hall–Kier alpha value is -1.66. The van der Waals surface area contributed by atoms with Crippen molar-refractivity contribution in [2.24, 2.45) is 5.92 Å². The molecule has 1 heterocycles. The Morgan fingerprint density at radius 3 is 2.48 bits per heavy atom. The van der Waals surface area contributed by atoms with Crippen molar-refractivity contribution in [3.63, 3.8) is 0 Å². The summed E-state index contributed by atoms with van der Waals surface area (Å²) in [6.45, 7) is 8.61. The van der Waals surface area contributed by atoms with E-state index in [9.17, 15) is 19.8 Å². The highest BCUT2D eigenvalue weighted by Gasteiger charge is 2.42. The predicted octanol–water partition coefficient (Wildman–Crippen LogP) is 0.436. The van der Waals surface area contributed by atoms with Crippen LogP contribution in [0.1, 0.15) is 27.2 Å². The zero-order chi connectivity index (χ0) is 16.2. The summed E-state index contributed by atoms with van der Waals surface area (Å²) in [6, 6.07) is -1.67. The molecule has 6 heteroatoms. The van der Waals surface area contributed by atoms with Crippen LogP contribution in [-0.2, 0) is 9.59 Å². The van der Waals surface area contributed by atoms with Crippen LogP contribution in [0.15, 0.2) is 24.3 Å². The van der Waals surface area contributed by atoms with Crippen LogP contribution in [0, 0.1) is 5.92 Å². The van der Waals surface area contributed by atoms with Gasteiger partial charge in [-0.3, -0.25) is 14.9 Å². The van der Waals surface area contributed by atoms with Crippen LogP contribution in [0.2, 0.25) is 0 Å². The molecule has 118 valence electrons. The zero-order valence-electron chi connectivity index (χ0n) is 12.7. The maximum atomic E-state index is 11.4. The molecule has 0 unspecified atom stereocenters. The van der Waals surface area contributed by atoms with Crippen molar-refractivity contribution in [1.29, 1.82) is 0 Å². The molecule has 1 amide bonds. The summed E-state index contributed by atoms with van der Waals surface area (Å²) < 4.78 is 0. The molecule has 21 heavy (non-hydrogen) atoms. The third-order valence-electron chi connectivity index (χ3n) is 3.70. The molecule has 4 N–H and O–H groups in total. The topological polar surface area (TPSA) is 98.7 Å². The van der Waals surface area contributed by atoms with Crippen molar-refractivity contribution in [3.8, 4) is 0 Å². The number of aliphatic hydroxyl groups is 1. The first-order chi connectivity index (χ1) is 9.77. The highest BCUT2D eigenvalue weighted by molar-refractivity contribution is 5.75. The third-order valence-corrected chi connectivity index (χ3v) is 3.70. The maximum absolute atomic E-state index is 11.4. The van der Waals surface area contributed by atoms with E-state index in [-0.39, 0.29) is 17.9 Å². The van der Waals surface area contributed by atoms with E-state index in [0.29, 0.717) is 12.0 Å². The smallest absolute Gasteiger partial charge is 0.320 e. The van der Waals surface area contributed by atoms with Gasteiger partial charge in [-0.2, -0.15) is 0 Å². The van der Waals surface area contributed by atoms with Gasteiger partial charge >= 0.3 is 5.97 Å². The lowest BCUT2D eigenvalue weighted by Gasteiger charge is -2.32. The van der Waals surface area contributed by atoms with E-state index in [1.54, 1.807) is 6.92 Å². The zero-order valence-corrected chi connectivity index (χ0v) is 12.7. The number of hydrogen-bond donors (Lipinski definition) is 4. The van der Waals surface area contributed by atoms with Crippen molar-refractivity contribution < 1.29 is 19.8 Å². The van der Waals surface area contributed by atoms with Crippen molar-refractivity contribution in [3.05, 3.63) is 24.3 Å². The average Bonchev–Trinajstić information content (AvgIpc) is 2.79. The predicted molar refractivity (Wildman–Crippen MR) is 79.7 cm³/mol. The molecule has 0 spiro atoms. The second-order valence-corrected chi connectivity index (χ2v) is 5.53. The molecule has 0 aromatic rings. The van der Waals surface area contributed by atoms with Crippen LogP contribution >= 0.6 is 0 Å². The van der Waals surface area contributed by atoms with Crippen LogP contribution in [0.5, 0.6) is 0 Å². The summed E-state index contributed by atoms with van der Waals surface area (Å²) in [5.74, 6) is -1.29. The van der Waals surface area contributed by atoms with E-state index < -0.39 is 24.2 Å². The number of carbonyl (C=O) groups excluding carboxylic acids is 1. The first kappa shape index (κ1) is 17.4. The Labute approximate surface area is 124 Å². The van der Waals surface area contributed by atoms with Gasteiger partial charge in [-0.05, 0) is 26.2 Å². The number of allylic oxidation sites excluding steroid dienone is 1. The van der Waals surface area contributed by atoms with Crippen molar-refractivity contribution in [2.45, 2.75) is 51.4 Å². The number of amides is 1. The molecule has 1 aliphatic heterocycles. The third kappa shape index (κ3) is 4.41. The fourth-order valence-electron chi connectivity index (χ4n) is 2.74. The standard InChI is InChI=1S/C15H24N2O4/c1-5-6-10-7-11(15(20)21)17-12(10)13(16-9(4)18)14(19)8(2)3/h5-6,10-14,17,19H,2,7H2,1,3-4H3,(H,16,18)(H,20,21)/b6-5-/t10-,11-,12-,13-,14+/m1/s1. The molecule has 0 aromatic carbocycles. The monoisotopic (exact) mass is 296 g/mol. The lowest BCUT2D eigenvalue weighted by atomic mass is 9.88. The van der Waals surface area contributed by atoms with E-state index in [1.165, 1.54) is 6.92 Å². The largest absolute Gasteiger partial charge is 0.480 e. The van der Waals surface area contributed by atoms with E-state index in [1.807, 2.05) is 19.1 Å². The summed E-state index contributed by atoms with van der Waals surface area (Å²) >= 11 is 0. The van der Waals surface area contributed by atoms with E-state index in [0.717, 1.165) is 0 Å². The number of aliphatic carboxylic acids is 1. The number of aliphatic hydroxyl groups excluding tert-OH is 1. The van der Waals surface area contributed by atoms with E-state index >= 15 is 0 Å². The fourth-order valence-corrected chi connectivity index (χ4v) is 2.74. The molecule has 6 nitrogen and oxygen atoms in total. The highest BCUT2D eigenvalue weighted by atomic mass is 16.4. The molecular weight excluding hydrogens is 272 g/mol. The van der Waals surface area contributed by atoms with Gasteiger partial charge in [-0.25, -0.2) is 0 Å². The molecule has 1 saturated heterocycles. The van der Waals surface area contributed by atoms with Gasteiger partial charge in [-0.1, -0.05) is 24.3 Å². The van der Waals surface area contributed by atoms with Gasteiger partial charge in [0.05, 0.1) is 12.1 Å². The van der Waals surface area contributed by atoms with Crippen molar-refractivity contribution in [2.75, 3.05) is 0 Å². The van der Waals surface area contributed by atoms with Gasteiger partial charge in [0.1, 0.15) is 6.04 Å². The van der Waals surface area contributed by atoms with Gasteiger partial charge in [0.25, 0.3) is 0 Å². The van der Waals surface area contributed by atoms with Crippen LogP contribution in [0.3, 0.4) is 0 Å². The van der Waals surface area contributed by atoms with Gasteiger partial charge in [-0.15, -0.1) is 0 Å². The fraction of sp³-hybridized carbons (Fsp3) is 0.600. The molecule has 0 bridgehead atoms. The quantitative estimate of drug-likeness (QED) is 0.533. The Bertz CT molecular complexity index is 447. The lowest BCUT2D eigenvalue weighted by molar-refractivity contribution is -0.139. The number of nitrogens with one attached hydrogen (secondary N) is 2. The number of carbonyl (C=O) groups is 2. The second-order valence-electron chi connectivity index (χ2n) is 5.53. The lowest BCUT2D eigenvalue weighted by Crippen LogP contribution is -2.57. The van der Waals surface area contributed by atoms with Gasteiger partial charge in [0, 0.05) is 13.0 Å². The summed E-state index contributed by atoms with van der Waals surface area (Å²) in [4.78, 5) is 22.6. The average molecular weight is 296 g/mol. The number of rotatable bonds is 6. The number of hydrogen-bond acceptors (Lipinski definition) is 4. The molecule has 0 saturated carbocycles. The maximum Gasteiger partial charge on any atom is 0.320 e. The van der Waals surface area contributed by atoms with Crippen LogP contribution in [0.4, 0.5) is 0 Å². The summed E-state index contributed by atoms with van der Waals surface area (Å²) in [5.41, 5.74) is 0.522. The first-order valence-electron chi connectivity index (χ1n) is 7.00. The number of carboxylic acids is 1. The molecule has 5 atom stereocenters. The van der Waals surface area contributed by atoms with Crippen LogP contribution in [-0.4, -0.2) is 46.3 Å². The van der Waals surface area contributed by atoms with Crippen molar-refractivity contribution >= 4 is 11.9 Å². The van der Waals surface area contributed by atoms with Gasteiger partial charge < -0.3 is 15.5 Å². The first-order valence-corrected chi connectivity index (χ1v) is 7.00. The van der Waals surface area contributed by atoms with Crippen LogP contribution in [0.25, 0.3) is 0 Å². The van der Waals surface area contributed by atoms with Crippen molar-refractivity contribution in [1.82, 2.24) is 10.6 Å². The molecule has 0 aromatic heterocycles. The normalized spacial score (nSPS) is 28.3. The van der Waals surface area contributed by atoms with Crippen LogP contribution < -0.4 is 10.6 Å². The summed E-state index contributed by atoms with van der Waals surface area (Å²) in [7, 11) is 0.